The molecule has 0 aliphatic rings. The van der Waals surface area contributed by atoms with Gasteiger partial charge in [0.1, 0.15) is 5.78 Å². The van der Waals surface area contributed by atoms with Gasteiger partial charge in [0.15, 0.2) is 0 Å². The molecule has 0 atom stereocenters. The molecule has 5 nitrogen and oxygen atoms in total. The van der Waals surface area contributed by atoms with Crippen LogP contribution >= 0.6 is 0 Å². The highest BCUT2D eigenvalue weighted by atomic mass is 16.5. The first-order valence-electron chi connectivity index (χ1n) is 22.8. The molecule has 0 saturated carbocycles. The average molecular weight is 707 g/mol. The van der Waals surface area contributed by atoms with Crippen molar-refractivity contribution in [1.29, 1.82) is 0 Å². The summed E-state index contributed by atoms with van der Waals surface area (Å²) in [4.78, 5) is 24.1. The highest BCUT2D eigenvalue weighted by Gasteiger charge is 2.03. The van der Waals surface area contributed by atoms with Crippen LogP contribution in [-0.2, 0) is 9.53 Å². The number of carbonyl (C=O) groups is 2. The van der Waals surface area contributed by atoms with E-state index in [1.165, 1.54) is 199 Å². The predicted molar refractivity (Wildman–Crippen MR) is 219 cm³/mol. The lowest BCUT2D eigenvalue weighted by Crippen LogP contribution is -2.37. The Hall–Kier alpha value is -1.10. The van der Waals surface area contributed by atoms with Crippen LogP contribution in [0.2, 0.25) is 0 Å². The number of ketones is 1. The summed E-state index contributed by atoms with van der Waals surface area (Å²) >= 11 is 0. The molecule has 0 aliphatic carbocycles. The van der Waals surface area contributed by atoms with E-state index in [9.17, 15) is 9.59 Å². The lowest BCUT2D eigenvalue weighted by atomic mass is 10.0. The topological polar surface area (TPSA) is 67.4 Å². The van der Waals surface area contributed by atoms with Gasteiger partial charge < -0.3 is 15.4 Å². The maximum atomic E-state index is 12.2. The summed E-state index contributed by atoms with van der Waals surface area (Å²) in [6, 6.07) is -0.0931. The molecule has 298 valence electrons. The standard InChI is InChI=1S/C45H90N2O3/c1-3-5-7-9-11-13-15-17-19-21-22-24-26-28-30-32-34-38-44(48)39-35-37-42-50-43-41-47-45(49)46-40-36-33-31-29-27-25-23-20-18-16-14-12-10-8-6-4-2/h3-43H2,1-2H3,(H2,46,47,49). The van der Waals surface area contributed by atoms with Gasteiger partial charge in [-0.3, -0.25) is 4.79 Å². The van der Waals surface area contributed by atoms with Crippen molar-refractivity contribution in [3.05, 3.63) is 0 Å². The summed E-state index contributed by atoms with van der Waals surface area (Å²) in [7, 11) is 0. The van der Waals surface area contributed by atoms with Gasteiger partial charge in [0.25, 0.3) is 0 Å². The van der Waals surface area contributed by atoms with Crippen LogP contribution in [0, 0.1) is 0 Å². The summed E-state index contributed by atoms with van der Waals surface area (Å²) in [6.45, 7) is 7.04. The molecule has 0 rings (SSSR count). The fourth-order valence-electron chi connectivity index (χ4n) is 6.97. The number of rotatable bonds is 43. The van der Waals surface area contributed by atoms with E-state index in [1.807, 2.05) is 0 Å². The van der Waals surface area contributed by atoms with Crippen molar-refractivity contribution in [3.63, 3.8) is 0 Å². The summed E-state index contributed by atoms with van der Waals surface area (Å²) in [6.07, 6.45) is 48.3. The van der Waals surface area contributed by atoms with E-state index >= 15 is 0 Å². The molecular weight excluding hydrogens is 617 g/mol. The Morgan fingerprint density at radius 3 is 1.02 bits per heavy atom. The fourth-order valence-corrected chi connectivity index (χ4v) is 6.97. The second-order valence-electron chi connectivity index (χ2n) is 15.5. The van der Waals surface area contributed by atoms with Gasteiger partial charge in [0.2, 0.25) is 0 Å². The minimum Gasteiger partial charge on any atom is -0.380 e. The number of unbranched alkanes of at least 4 members (excludes halogenated alkanes) is 32. The smallest absolute Gasteiger partial charge is 0.314 e. The summed E-state index contributed by atoms with van der Waals surface area (Å²) in [5.74, 6) is 0.411. The monoisotopic (exact) mass is 707 g/mol. The molecular formula is C45H90N2O3. The Labute approximate surface area is 313 Å². The lowest BCUT2D eigenvalue weighted by Gasteiger charge is -2.08. The third-order valence-electron chi connectivity index (χ3n) is 10.4. The van der Waals surface area contributed by atoms with E-state index < -0.39 is 0 Å². The number of carbonyl (C=O) groups excluding carboxylic acids is 2. The zero-order valence-electron chi connectivity index (χ0n) is 34.2. The molecule has 0 aromatic heterocycles. The van der Waals surface area contributed by atoms with Crippen LogP contribution in [0.1, 0.15) is 251 Å². The third-order valence-corrected chi connectivity index (χ3v) is 10.4. The Kier molecular flexibility index (Phi) is 43.1. The predicted octanol–water partition coefficient (Wildman–Crippen LogP) is 14.3. The molecule has 0 aromatic rings. The van der Waals surface area contributed by atoms with Crippen LogP contribution in [0.15, 0.2) is 0 Å². The molecule has 0 bridgehead atoms. The van der Waals surface area contributed by atoms with Crippen LogP contribution in [0.3, 0.4) is 0 Å². The van der Waals surface area contributed by atoms with Crippen LogP contribution in [0.5, 0.6) is 0 Å². The minimum atomic E-state index is -0.0931. The van der Waals surface area contributed by atoms with Crippen molar-refractivity contribution >= 4 is 11.8 Å². The second kappa shape index (κ2) is 44.1. The number of amides is 2. The van der Waals surface area contributed by atoms with E-state index in [2.05, 4.69) is 24.5 Å². The molecule has 0 fully saturated rings. The zero-order chi connectivity index (χ0) is 36.3. The number of Topliss-reactive ketones (excluding diaryl/α,β-unsaturated/α-hetero) is 1. The molecule has 2 amide bonds. The summed E-state index contributed by atoms with van der Waals surface area (Å²) in [5, 5.41) is 5.84. The van der Waals surface area contributed by atoms with Crippen molar-refractivity contribution in [1.82, 2.24) is 10.6 Å². The maximum Gasteiger partial charge on any atom is 0.314 e. The first-order valence-corrected chi connectivity index (χ1v) is 22.8. The van der Waals surface area contributed by atoms with E-state index in [4.69, 9.17) is 4.74 Å². The van der Waals surface area contributed by atoms with E-state index in [0.29, 0.717) is 32.0 Å². The van der Waals surface area contributed by atoms with E-state index in [-0.39, 0.29) is 6.03 Å². The molecule has 0 saturated heterocycles. The van der Waals surface area contributed by atoms with E-state index in [0.717, 1.165) is 38.6 Å². The van der Waals surface area contributed by atoms with Crippen molar-refractivity contribution < 1.29 is 14.3 Å². The SMILES string of the molecule is CCCCCCCCCCCCCCCCCCCC(=O)CCCCOCCNC(=O)NCCCCCCCCCCCCCCCCCC. The van der Waals surface area contributed by atoms with E-state index in [1.54, 1.807) is 0 Å². The van der Waals surface area contributed by atoms with Crippen molar-refractivity contribution in [2.45, 2.75) is 251 Å². The molecule has 0 spiro atoms. The third kappa shape index (κ3) is 43.1. The van der Waals surface area contributed by atoms with Crippen LogP contribution in [0.25, 0.3) is 0 Å². The highest BCUT2D eigenvalue weighted by Crippen LogP contribution is 2.16. The van der Waals surface area contributed by atoms with Gasteiger partial charge in [-0.15, -0.1) is 0 Å². The number of urea groups is 1. The average Bonchev–Trinajstić information content (AvgIpc) is 3.12. The lowest BCUT2D eigenvalue weighted by molar-refractivity contribution is -0.119. The Balaban J connectivity index is 3.23. The molecule has 0 aliphatic heterocycles. The molecule has 50 heavy (non-hydrogen) atoms. The first kappa shape index (κ1) is 48.9. The van der Waals surface area contributed by atoms with Crippen molar-refractivity contribution in [3.8, 4) is 0 Å². The summed E-state index contributed by atoms with van der Waals surface area (Å²) < 4.78 is 5.65. The minimum absolute atomic E-state index is 0.0931. The highest BCUT2D eigenvalue weighted by molar-refractivity contribution is 5.78. The number of hydrogen-bond acceptors (Lipinski definition) is 3. The quantitative estimate of drug-likeness (QED) is 0.0620. The molecule has 0 radical (unpaired) electrons. The van der Waals surface area contributed by atoms with Gasteiger partial charge >= 0.3 is 6.03 Å². The Morgan fingerprint density at radius 2 is 0.640 bits per heavy atom. The number of nitrogens with one attached hydrogen (secondary N) is 2. The van der Waals surface area contributed by atoms with Gasteiger partial charge in [-0.1, -0.05) is 213 Å². The van der Waals surface area contributed by atoms with Gasteiger partial charge in [0, 0.05) is 32.5 Å². The van der Waals surface area contributed by atoms with Gasteiger partial charge in [-0.2, -0.15) is 0 Å². The maximum absolute atomic E-state index is 12.2. The van der Waals surface area contributed by atoms with Gasteiger partial charge in [-0.25, -0.2) is 4.79 Å². The molecule has 0 heterocycles. The fraction of sp³-hybridized carbons (Fsp3) is 0.956. The number of ether oxygens (including phenoxy) is 1. The Bertz CT molecular complexity index is 615. The molecule has 0 unspecified atom stereocenters. The normalized spacial score (nSPS) is 11.3. The van der Waals surface area contributed by atoms with Crippen molar-refractivity contribution in [2.75, 3.05) is 26.3 Å². The van der Waals surface area contributed by atoms with Crippen molar-refractivity contribution in [2.24, 2.45) is 0 Å². The molecule has 0 aromatic carbocycles. The van der Waals surface area contributed by atoms with Crippen LogP contribution in [0.4, 0.5) is 4.79 Å². The van der Waals surface area contributed by atoms with Crippen LogP contribution < -0.4 is 10.6 Å². The number of hydrogen-bond donors (Lipinski definition) is 2. The van der Waals surface area contributed by atoms with Gasteiger partial charge in [0.05, 0.1) is 6.61 Å². The van der Waals surface area contributed by atoms with Crippen LogP contribution in [-0.4, -0.2) is 38.1 Å². The second-order valence-corrected chi connectivity index (χ2v) is 15.5. The zero-order valence-corrected chi connectivity index (χ0v) is 34.2. The first-order chi connectivity index (χ1) is 24.7. The molecule has 5 heteroatoms. The Morgan fingerprint density at radius 1 is 0.340 bits per heavy atom. The van der Waals surface area contributed by atoms with Gasteiger partial charge in [-0.05, 0) is 25.7 Å². The largest absolute Gasteiger partial charge is 0.380 e. The summed E-state index contributed by atoms with van der Waals surface area (Å²) in [5.41, 5.74) is 0. The molecule has 2 N–H and O–H groups in total.